The summed E-state index contributed by atoms with van der Waals surface area (Å²) < 4.78 is 17.8. The van der Waals surface area contributed by atoms with Crippen molar-refractivity contribution in [1.29, 1.82) is 0 Å². The highest BCUT2D eigenvalue weighted by molar-refractivity contribution is 9.10. The van der Waals surface area contributed by atoms with Crippen molar-refractivity contribution in [3.8, 4) is 5.75 Å². The van der Waals surface area contributed by atoms with Crippen molar-refractivity contribution in [3.05, 3.63) is 28.2 Å². The molecular weight excluding hydrogens is 223 g/mol. The van der Waals surface area contributed by atoms with E-state index < -0.39 is 6.67 Å². The predicted octanol–water partition coefficient (Wildman–Crippen LogP) is 3.11. The molecule has 0 fully saturated rings. The molecule has 0 amide bonds. The number of ether oxygens (including phenoxy) is 1. The van der Waals surface area contributed by atoms with E-state index >= 15 is 0 Å². The number of benzene rings is 1. The summed E-state index contributed by atoms with van der Waals surface area (Å²) in [5, 5.41) is 0. The number of alkyl halides is 1. The molecule has 0 heterocycles. The van der Waals surface area contributed by atoms with Crippen LogP contribution in [0.15, 0.2) is 22.7 Å². The van der Waals surface area contributed by atoms with Gasteiger partial charge >= 0.3 is 0 Å². The first-order chi connectivity index (χ1) is 5.75. The predicted molar refractivity (Wildman–Crippen MR) is 50.3 cm³/mol. The van der Waals surface area contributed by atoms with Crippen LogP contribution in [0.2, 0.25) is 0 Å². The second-order valence-electron chi connectivity index (χ2n) is 2.42. The van der Waals surface area contributed by atoms with Crippen LogP contribution in [-0.2, 0) is 0 Å². The Bertz CT molecular complexity index is 263. The van der Waals surface area contributed by atoms with Crippen molar-refractivity contribution >= 4 is 15.9 Å². The first-order valence-electron chi connectivity index (χ1n) is 3.69. The van der Waals surface area contributed by atoms with E-state index in [0.717, 1.165) is 10.0 Å². The smallest absolute Gasteiger partial charge is 0.133 e. The van der Waals surface area contributed by atoms with Crippen LogP contribution in [-0.4, -0.2) is 13.3 Å². The molecule has 1 aromatic rings. The van der Waals surface area contributed by atoms with E-state index in [2.05, 4.69) is 15.9 Å². The molecule has 12 heavy (non-hydrogen) atoms. The molecule has 0 bridgehead atoms. The molecule has 0 saturated heterocycles. The van der Waals surface area contributed by atoms with Gasteiger partial charge in [0.1, 0.15) is 19.0 Å². The highest BCUT2D eigenvalue weighted by Crippen LogP contribution is 2.27. The maximum absolute atomic E-state index is 11.8. The van der Waals surface area contributed by atoms with Gasteiger partial charge in [-0.05, 0) is 34.5 Å². The third-order valence-electron chi connectivity index (χ3n) is 1.49. The van der Waals surface area contributed by atoms with Gasteiger partial charge in [0.05, 0.1) is 4.47 Å². The Kier molecular flexibility index (Phi) is 3.53. The lowest BCUT2D eigenvalue weighted by Crippen LogP contribution is -1.99. The summed E-state index contributed by atoms with van der Waals surface area (Å²) in [6.45, 7) is 1.62. The van der Waals surface area contributed by atoms with Crippen molar-refractivity contribution in [3.63, 3.8) is 0 Å². The minimum atomic E-state index is -0.458. The van der Waals surface area contributed by atoms with Gasteiger partial charge in [0, 0.05) is 0 Å². The molecule has 3 heteroatoms. The molecule has 66 valence electrons. The fraction of sp³-hybridized carbons (Fsp3) is 0.333. The first-order valence-corrected chi connectivity index (χ1v) is 4.49. The highest BCUT2D eigenvalue weighted by atomic mass is 79.9. The van der Waals surface area contributed by atoms with Gasteiger partial charge in [0.25, 0.3) is 0 Å². The van der Waals surface area contributed by atoms with Crippen LogP contribution in [0.1, 0.15) is 5.56 Å². The van der Waals surface area contributed by atoms with Crippen molar-refractivity contribution in [2.45, 2.75) is 6.92 Å². The molecule has 0 N–H and O–H groups in total. The molecule has 0 atom stereocenters. The Balaban J connectivity index is 2.78. The number of halogens is 2. The van der Waals surface area contributed by atoms with Crippen LogP contribution in [0.4, 0.5) is 4.39 Å². The van der Waals surface area contributed by atoms with Crippen molar-refractivity contribution in [1.82, 2.24) is 0 Å². The summed E-state index contributed by atoms with van der Waals surface area (Å²) >= 11 is 3.36. The van der Waals surface area contributed by atoms with Crippen LogP contribution in [0, 0.1) is 6.92 Å². The molecule has 0 unspecified atom stereocenters. The molecule has 0 aromatic heterocycles. The van der Waals surface area contributed by atoms with E-state index in [1.54, 1.807) is 0 Å². The molecule has 1 rings (SSSR count). The van der Waals surface area contributed by atoms with E-state index in [0.29, 0.717) is 5.75 Å². The van der Waals surface area contributed by atoms with Crippen molar-refractivity contribution in [2.24, 2.45) is 0 Å². The molecule has 0 radical (unpaired) electrons. The minimum absolute atomic E-state index is 0.113. The standard InChI is InChI=1S/C9H10BrFO/c1-7-3-2-4-8(9(7)10)12-6-5-11/h2-4H,5-6H2,1H3. The van der Waals surface area contributed by atoms with Gasteiger partial charge in [-0.25, -0.2) is 4.39 Å². The Hall–Kier alpha value is -0.570. The normalized spacial score (nSPS) is 9.92. The molecule has 0 aliphatic rings. The summed E-state index contributed by atoms with van der Waals surface area (Å²) in [6, 6.07) is 5.66. The summed E-state index contributed by atoms with van der Waals surface area (Å²) in [4.78, 5) is 0. The average molecular weight is 233 g/mol. The van der Waals surface area contributed by atoms with Gasteiger partial charge in [-0.3, -0.25) is 0 Å². The van der Waals surface area contributed by atoms with Gasteiger partial charge in [0.15, 0.2) is 0 Å². The molecular formula is C9H10BrFO. The monoisotopic (exact) mass is 232 g/mol. The Morgan fingerprint density at radius 1 is 1.50 bits per heavy atom. The second kappa shape index (κ2) is 4.45. The van der Waals surface area contributed by atoms with Crippen LogP contribution in [0.5, 0.6) is 5.75 Å². The zero-order chi connectivity index (χ0) is 8.97. The van der Waals surface area contributed by atoms with E-state index in [-0.39, 0.29) is 6.61 Å². The minimum Gasteiger partial charge on any atom is -0.490 e. The summed E-state index contributed by atoms with van der Waals surface area (Å²) in [7, 11) is 0. The zero-order valence-electron chi connectivity index (χ0n) is 6.81. The largest absolute Gasteiger partial charge is 0.490 e. The molecule has 1 aromatic carbocycles. The summed E-state index contributed by atoms with van der Waals surface area (Å²) in [6.07, 6.45) is 0. The number of hydrogen-bond acceptors (Lipinski definition) is 1. The third-order valence-corrected chi connectivity index (χ3v) is 2.51. The van der Waals surface area contributed by atoms with Crippen LogP contribution in [0.3, 0.4) is 0 Å². The maximum atomic E-state index is 11.8. The first kappa shape index (κ1) is 9.52. The van der Waals surface area contributed by atoms with E-state index in [9.17, 15) is 4.39 Å². The molecule has 0 aliphatic heterocycles. The summed E-state index contributed by atoms with van der Waals surface area (Å²) in [5.41, 5.74) is 1.09. The van der Waals surface area contributed by atoms with E-state index in [1.165, 1.54) is 0 Å². The van der Waals surface area contributed by atoms with Gasteiger partial charge in [-0.2, -0.15) is 0 Å². The van der Waals surface area contributed by atoms with E-state index in [4.69, 9.17) is 4.74 Å². The van der Waals surface area contributed by atoms with Crippen LogP contribution >= 0.6 is 15.9 Å². The quantitative estimate of drug-likeness (QED) is 0.779. The van der Waals surface area contributed by atoms with E-state index in [1.807, 2.05) is 25.1 Å². The van der Waals surface area contributed by atoms with Gasteiger partial charge in [0.2, 0.25) is 0 Å². The third kappa shape index (κ3) is 2.21. The zero-order valence-corrected chi connectivity index (χ0v) is 8.40. The summed E-state index contributed by atoms with van der Waals surface area (Å²) in [5.74, 6) is 0.702. The Labute approximate surface area is 79.7 Å². The van der Waals surface area contributed by atoms with Crippen LogP contribution < -0.4 is 4.74 Å². The number of rotatable bonds is 3. The topological polar surface area (TPSA) is 9.23 Å². The van der Waals surface area contributed by atoms with Crippen LogP contribution in [0.25, 0.3) is 0 Å². The number of aryl methyl sites for hydroxylation is 1. The molecule has 0 spiro atoms. The van der Waals surface area contributed by atoms with Gasteiger partial charge in [-0.15, -0.1) is 0 Å². The SMILES string of the molecule is Cc1cccc(OCCF)c1Br. The highest BCUT2D eigenvalue weighted by Gasteiger charge is 2.01. The number of hydrogen-bond donors (Lipinski definition) is 0. The fourth-order valence-electron chi connectivity index (χ4n) is 0.881. The molecule has 0 aliphatic carbocycles. The molecule has 0 saturated carbocycles. The maximum Gasteiger partial charge on any atom is 0.133 e. The Morgan fingerprint density at radius 3 is 2.92 bits per heavy atom. The lowest BCUT2D eigenvalue weighted by Gasteiger charge is -2.07. The Morgan fingerprint density at radius 2 is 2.25 bits per heavy atom. The fourth-order valence-corrected chi connectivity index (χ4v) is 1.26. The lowest BCUT2D eigenvalue weighted by atomic mass is 10.2. The average Bonchev–Trinajstić information content (AvgIpc) is 2.08. The van der Waals surface area contributed by atoms with Crippen molar-refractivity contribution in [2.75, 3.05) is 13.3 Å². The second-order valence-corrected chi connectivity index (χ2v) is 3.22. The van der Waals surface area contributed by atoms with Gasteiger partial charge in [-0.1, -0.05) is 12.1 Å². The lowest BCUT2D eigenvalue weighted by molar-refractivity contribution is 0.271. The molecule has 1 nitrogen and oxygen atoms in total. The van der Waals surface area contributed by atoms with Crippen molar-refractivity contribution < 1.29 is 9.13 Å². The van der Waals surface area contributed by atoms with Gasteiger partial charge < -0.3 is 4.74 Å².